The van der Waals surface area contributed by atoms with Crippen LogP contribution in [0.3, 0.4) is 0 Å². The van der Waals surface area contributed by atoms with E-state index in [1.165, 1.54) is 51.4 Å². The first-order valence-corrected chi connectivity index (χ1v) is 12.4. The fourth-order valence-electron chi connectivity index (χ4n) is 2.90. The van der Waals surface area contributed by atoms with Gasteiger partial charge in [-0.2, -0.15) is 0 Å². The molecule has 0 spiro atoms. The Labute approximate surface area is 195 Å². The first kappa shape index (κ1) is 30.6. The number of halogens is 1. The third kappa shape index (κ3) is 19.1. The van der Waals surface area contributed by atoms with Gasteiger partial charge in [0, 0.05) is 5.88 Å². The van der Waals surface area contributed by atoms with E-state index in [4.69, 9.17) is 25.9 Å². The van der Waals surface area contributed by atoms with E-state index in [1.807, 2.05) is 0 Å². The molecule has 0 saturated carbocycles. The van der Waals surface area contributed by atoms with Crippen LogP contribution in [0.15, 0.2) is 0 Å². The number of rotatable bonds is 20. The van der Waals surface area contributed by atoms with Crippen molar-refractivity contribution in [1.29, 1.82) is 0 Å². The van der Waals surface area contributed by atoms with Crippen LogP contribution in [0.2, 0.25) is 0 Å². The smallest absolute Gasteiger partial charge is 1.00 e. The minimum absolute atomic E-state index is 0. The van der Waals surface area contributed by atoms with E-state index in [-0.39, 0.29) is 37.6 Å². The molecule has 160 valence electrons. The SMILES string of the molecule is CCCCCCCCC(CCCCCC)COP(=O)(OO)OCCCCl.[H-].[Na+]. The minimum Gasteiger partial charge on any atom is -1.00 e. The number of phosphoric acid groups is 1. The molecule has 0 radical (unpaired) electrons. The zero-order chi connectivity index (χ0) is 19.5. The van der Waals surface area contributed by atoms with Gasteiger partial charge in [0.25, 0.3) is 0 Å². The summed E-state index contributed by atoms with van der Waals surface area (Å²) in [6.45, 7) is 4.85. The average Bonchev–Trinajstić information content (AvgIpc) is 2.65. The number of hydrogen-bond donors (Lipinski definition) is 1. The third-order valence-electron chi connectivity index (χ3n) is 4.53. The standard InChI is InChI=1S/C19H40ClO5P.Na.H/c1-3-5-7-9-10-12-15-19(14-11-8-6-4-2)18-24-26(22,25-21)23-17-13-16-20;;/h19,21H,3-18H2,1-2H3;;/q;+1;-1. The van der Waals surface area contributed by atoms with E-state index in [0.29, 0.717) is 24.8 Å². The normalized spacial score (nSPS) is 14.5. The summed E-state index contributed by atoms with van der Waals surface area (Å²) in [6.07, 6.45) is 14.9. The Morgan fingerprint density at radius 2 is 1.41 bits per heavy atom. The Balaban J connectivity index is -0.00000312. The molecule has 0 heterocycles. The first-order chi connectivity index (χ1) is 12.6. The third-order valence-corrected chi connectivity index (χ3v) is 5.96. The molecule has 1 N–H and O–H groups in total. The summed E-state index contributed by atoms with van der Waals surface area (Å²) in [5.74, 6) is 0.710. The second-order valence-corrected chi connectivity index (χ2v) is 8.92. The van der Waals surface area contributed by atoms with Gasteiger partial charge in [0.1, 0.15) is 0 Å². The molecule has 27 heavy (non-hydrogen) atoms. The van der Waals surface area contributed by atoms with Crippen molar-refractivity contribution in [3.63, 3.8) is 0 Å². The molecule has 0 aliphatic heterocycles. The van der Waals surface area contributed by atoms with E-state index >= 15 is 0 Å². The fraction of sp³-hybridized carbons (Fsp3) is 1.00. The maximum Gasteiger partial charge on any atom is 1.00 e. The summed E-state index contributed by atoms with van der Waals surface area (Å²) in [4.78, 5) is 0. The number of hydrogen-bond acceptors (Lipinski definition) is 5. The van der Waals surface area contributed by atoms with E-state index in [2.05, 4.69) is 18.5 Å². The summed E-state index contributed by atoms with van der Waals surface area (Å²) in [7, 11) is -3.89. The topological polar surface area (TPSA) is 65.0 Å². The first-order valence-electron chi connectivity index (χ1n) is 10.4. The van der Waals surface area contributed by atoms with E-state index in [0.717, 1.165) is 25.7 Å². The van der Waals surface area contributed by atoms with Crippen LogP contribution in [0.1, 0.15) is 98.7 Å². The molecule has 0 aliphatic carbocycles. The zero-order valence-electron chi connectivity index (χ0n) is 18.8. The quantitative estimate of drug-likeness (QED) is 0.0745. The van der Waals surface area contributed by atoms with Crippen molar-refractivity contribution in [2.75, 3.05) is 19.1 Å². The van der Waals surface area contributed by atoms with Gasteiger partial charge >= 0.3 is 37.4 Å². The van der Waals surface area contributed by atoms with E-state index in [9.17, 15) is 4.57 Å². The predicted molar refractivity (Wildman–Crippen MR) is 110 cm³/mol. The van der Waals surface area contributed by atoms with Crippen molar-refractivity contribution >= 4 is 19.4 Å². The molecule has 0 bridgehead atoms. The van der Waals surface area contributed by atoms with Crippen LogP contribution in [-0.2, 0) is 18.3 Å². The van der Waals surface area contributed by atoms with Gasteiger partial charge in [-0.3, -0.25) is 9.05 Å². The molecule has 0 aromatic heterocycles. The molecular formula is C19H41ClNaO5P. The Kier molecular flexibility index (Phi) is 25.0. The van der Waals surface area contributed by atoms with Crippen LogP contribution in [0.25, 0.3) is 0 Å². The minimum atomic E-state index is -3.89. The van der Waals surface area contributed by atoms with E-state index < -0.39 is 7.82 Å². The van der Waals surface area contributed by atoms with Gasteiger partial charge in [0.15, 0.2) is 0 Å². The molecule has 2 atom stereocenters. The molecule has 0 aliphatic rings. The predicted octanol–water partition coefficient (Wildman–Crippen LogP) is 4.70. The molecule has 0 amide bonds. The summed E-state index contributed by atoms with van der Waals surface area (Å²) < 4.78 is 26.7. The molecule has 0 rings (SSSR count). The van der Waals surface area contributed by atoms with Gasteiger partial charge in [-0.1, -0.05) is 78.1 Å². The summed E-state index contributed by atoms with van der Waals surface area (Å²) in [5, 5.41) is 8.89. The van der Waals surface area contributed by atoms with Crippen molar-refractivity contribution in [1.82, 2.24) is 0 Å². The van der Waals surface area contributed by atoms with Gasteiger partial charge in [-0.05, 0) is 25.2 Å². The van der Waals surface area contributed by atoms with Crippen LogP contribution in [0.5, 0.6) is 0 Å². The molecule has 0 fully saturated rings. The number of alkyl halides is 1. The van der Waals surface area contributed by atoms with Gasteiger partial charge in [-0.15, -0.1) is 16.3 Å². The Hall–Kier alpha value is 1.36. The maximum atomic E-state index is 12.2. The molecule has 5 nitrogen and oxygen atoms in total. The van der Waals surface area contributed by atoms with Crippen molar-refractivity contribution in [3.8, 4) is 0 Å². The molecular weight excluding hydrogens is 398 g/mol. The fourth-order valence-corrected chi connectivity index (χ4v) is 3.92. The van der Waals surface area contributed by atoms with E-state index in [1.54, 1.807) is 0 Å². The number of phosphoric ester groups is 1. The van der Waals surface area contributed by atoms with Crippen molar-refractivity contribution in [2.45, 2.75) is 97.3 Å². The van der Waals surface area contributed by atoms with Gasteiger partial charge in [0.05, 0.1) is 13.2 Å². The largest absolute Gasteiger partial charge is 1.00 e. The molecule has 2 unspecified atom stereocenters. The Bertz CT molecular complexity index is 356. The number of unbranched alkanes of at least 4 members (excludes halogenated alkanes) is 8. The van der Waals surface area contributed by atoms with Crippen LogP contribution in [0.4, 0.5) is 0 Å². The van der Waals surface area contributed by atoms with Crippen molar-refractivity contribution < 1.29 is 54.5 Å². The van der Waals surface area contributed by atoms with Crippen LogP contribution in [-0.4, -0.2) is 24.4 Å². The van der Waals surface area contributed by atoms with Gasteiger partial charge < -0.3 is 1.43 Å². The van der Waals surface area contributed by atoms with Crippen LogP contribution < -0.4 is 29.6 Å². The van der Waals surface area contributed by atoms with Gasteiger partial charge in [-0.25, -0.2) is 9.82 Å². The van der Waals surface area contributed by atoms with Crippen molar-refractivity contribution in [2.24, 2.45) is 5.92 Å². The zero-order valence-corrected chi connectivity index (χ0v) is 21.4. The molecule has 0 aromatic carbocycles. The van der Waals surface area contributed by atoms with Crippen molar-refractivity contribution in [3.05, 3.63) is 0 Å². The molecule has 8 heteroatoms. The summed E-state index contributed by atoms with van der Waals surface area (Å²) >= 11 is 5.57. The Morgan fingerprint density at radius 3 is 1.93 bits per heavy atom. The van der Waals surface area contributed by atoms with Crippen LogP contribution in [0, 0.1) is 5.92 Å². The monoisotopic (exact) mass is 438 g/mol. The molecule has 0 aromatic rings. The summed E-state index contributed by atoms with van der Waals surface area (Å²) in [5.41, 5.74) is 0. The second kappa shape index (κ2) is 22.1. The molecule has 0 saturated heterocycles. The second-order valence-electron chi connectivity index (χ2n) is 6.97. The van der Waals surface area contributed by atoms with Gasteiger partial charge in [0.2, 0.25) is 0 Å². The maximum absolute atomic E-state index is 12.2. The Morgan fingerprint density at radius 1 is 0.889 bits per heavy atom. The average molecular weight is 439 g/mol. The summed E-state index contributed by atoms with van der Waals surface area (Å²) in [6, 6.07) is 0. The van der Waals surface area contributed by atoms with Crippen LogP contribution >= 0.6 is 19.4 Å².